The molecule has 0 bridgehead atoms. The molecule has 0 spiro atoms. The number of likely N-dealkylation sites (tertiary alicyclic amines) is 1. The molecule has 1 fully saturated rings. The molecular weight excluding hydrogens is 443 g/mol. The lowest BCUT2D eigenvalue weighted by Gasteiger charge is -2.34. The van der Waals surface area contributed by atoms with Crippen LogP contribution in [-0.4, -0.2) is 67.7 Å². The van der Waals surface area contributed by atoms with E-state index in [1.54, 1.807) is 17.9 Å². The van der Waals surface area contributed by atoms with Gasteiger partial charge in [-0.05, 0) is 54.9 Å². The molecule has 3 heterocycles. The minimum absolute atomic E-state index is 0.0364. The molecule has 174 valence electrons. The lowest BCUT2D eigenvalue weighted by molar-refractivity contribution is -0.138. The monoisotopic (exact) mass is 469 g/mol. The van der Waals surface area contributed by atoms with Crippen molar-refractivity contribution < 1.29 is 26.4 Å². The SMILES string of the molecule is CCS(=O)(=O)N1CCC2=C(CN=C2C(=O)N2CCC(c3ccccc3C(F)(F)F)CC2)C1. The standard InChI is InChI=1S/C22H26F3N3O3S/c1-2-32(30,31)28-12-9-18-16(14-28)13-26-20(18)21(29)27-10-7-15(8-11-27)17-5-3-4-6-19(17)22(23,24)25/h3-6,15H,2,7-14H2,1H3. The number of hydrogen-bond acceptors (Lipinski definition) is 4. The fourth-order valence-corrected chi connectivity index (χ4v) is 5.86. The molecule has 0 N–H and O–H groups in total. The summed E-state index contributed by atoms with van der Waals surface area (Å²) in [5.74, 6) is -0.418. The van der Waals surface area contributed by atoms with E-state index in [-0.39, 0.29) is 24.1 Å². The number of carbonyl (C=O) groups excluding carboxylic acids is 1. The van der Waals surface area contributed by atoms with Crippen molar-refractivity contribution in [1.29, 1.82) is 0 Å². The molecule has 0 aliphatic carbocycles. The summed E-state index contributed by atoms with van der Waals surface area (Å²) < 4.78 is 65.9. The van der Waals surface area contributed by atoms with Crippen LogP contribution in [0.1, 0.15) is 43.2 Å². The largest absolute Gasteiger partial charge is 0.416 e. The number of benzene rings is 1. The summed E-state index contributed by atoms with van der Waals surface area (Å²) in [7, 11) is -3.29. The average molecular weight is 470 g/mol. The van der Waals surface area contributed by atoms with Gasteiger partial charge in [0.05, 0.1) is 17.9 Å². The molecule has 6 nitrogen and oxygen atoms in total. The van der Waals surface area contributed by atoms with Gasteiger partial charge in [0.15, 0.2) is 0 Å². The van der Waals surface area contributed by atoms with Gasteiger partial charge in [0.1, 0.15) is 5.71 Å². The topological polar surface area (TPSA) is 70.0 Å². The number of halogens is 3. The third-order valence-corrected chi connectivity index (χ3v) is 8.40. The van der Waals surface area contributed by atoms with Crippen molar-refractivity contribution in [2.45, 2.75) is 38.3 Å². The molecule has 32 heavy (non-hydrogen) atoms. The number of sulfonamides is 1. The van der Waals surface area contributed by atoms with Crippen molar-refractivity contribution in [3.63, 3.8) is 0 Å². The van der Waals surface area contributed by atoms with Crippen molar-refractivity contribution in [2.24, 2.45) is 4.99 Å². The molecule has 1 aromatic carbocycles. The van der Waals surface area contributed by atoms with Crippen molar-refractivity contribution >= 4 is 21.6 Å². The van der Waals surface area contributed by atoms with E-state index in [2.05, 4.69) is 4.99 Å². The maximum Gasteiger partial charge on any atom is 0.416 e. The van der Waals surface area contributed by atoms with Gasteiger partial charge in [-0.3, -0.25) is 9.79 Å². The van der Waals surface area contributed by atoms with Crippen LogP contribution in [0, 0.1) is 0 Å². The molecule has 10 heteroatoms. The molecule has 0 radical (unpaired) electrons. The zero-order valence-corrected chi connectivity index (χ0v) is 18.7. The molecule has 0 atom stereocenters. The van der Waals surface area contributed by atoms with E-state index >= 15 is 0 Å². The fraction of sp³-hybridized carbons (Fsp3) is 0.545. The van der Waals surface area contributed by atoms with Crippen LogP contribution in [0.25, 0.3) is 0 Å². The van der Waals surface area contributed by atoms with Crippen LogP contribution in [0.5, 0.6) is 0 Å². The maximum absolute atomic E-state index is 13.4. The number of rotatable bonds is 4. The Kier molecular flexibility index (Phi) is 6.19. The molecule has 1 amide bonds. The molecule has 0 aromatic heterocycles. The Morgan fingerprint density at radius 2 is 1.84 bits per heavy atom. The summed E-state index contributed by atoms with van der Waals surface area (Å²) in [6, 6.07) is 5.65. The first-order chi connectivity index (χ1) is 15.1. The van der Waals surface area contributed by atoms with Gasteiger partial charge in [0, 0.05) is 26.2 Å². The minimum atomic E-state index is -4.40. The fourth-order valence-electron chi connectivity index (χ4n) is 4.77. The number of piperidine rings is 1. The van der Waals surface area contributed by atoms with Gasteiger partial charge in [-0.15, -0.1) is 0 Å². The van der Waals surface area contributed by atoms with Gasteiger partial charge in [-0.25, -0.2) is 8.42 Å². The lowest BCUT2D eigenvalue weighted by Crippen LogP contribution is -2.43. The molecule has 4 rings (SSSR count). The number of hydrogen-bond donors (Lipinski definition) is 0. The van der Waals surface area contributed by atoms with Gasteiger partial charge in [-0.1, -0.05) is 18.2 Å². The van der Waals surface area contributed by atoms with Gasteiger partial charge in [-0.2, -0.15) is 17.5 Å². The first-order valence-corrected chi connectivity index (χ1v) is 12.4. The summed E-state index contributed by atoms with van der Waals surface area (Å²) in [6.07, 6.45) is -3.03. The normalized spacial score (nSPS) is 21.0. The highest BCUT2D eigenvalue weighted by molar-refractivity contribution is 7.89. The number of alkyl halides is 3. The smallest absolute Gasteiger partial charge is 0.337 e. The highest BCUT2D eigenvalue weighted by atomic mass is 32.2. The lowest BCUT2D eigenvalue weighted by atomic mass is 9.86. The van der Waals surface area contributed by atoms with Crippen molar-refractivity contribution in [3.05, 3.63) is 46.5 Å². The van der Waals surface area contributed by atoms with Crippen molar-refractivity contribution in [1.82, 2.24) is 9.21 Å². The van der Waals surface area contributed by atoms with Crippen LogP contribution in [0.15, 0.2) is 40.4 Å². The average Bonchev–Trinajstić information content (AvgIpc) is 3.21. The Morgan fingerprint density at radius 3 is 2.50 bits per heavy atom. The van der Waals surface area contributed by atoms with Gasteiger partial charge >= 0.3 is 6.18 Å². The summed E-state index contributed by atoms with van der Waals surface area (Å²) >= 11 is 0. The molecule has 0 saturated carbocycles. The van der Waals surface area contributed by atoms with Crippen LogP contribution < -0.4 is 0 Å². The van der Waals surface area contributed by atoms with Gasteiger partial charge in [0.25, 0.3) is 5.91 Å². The highest BCUT2D eigenvalue weighted by Crippen LogP contribution is 2.39. The third kappa shape index (κ3) is 4.34. The quantitative estimate of drug-likeness (QED) is 0.680. The second kappa shape index (κ2) is 8.62. The summed E-state index contributed by atoms with van der Waals surface area (Å²) in [5.41, 5.74) is 1.78. The summed E-state index contributed by atoms with van der Waals surface area (Å²) in [4.78, 5) is 19.2. The molecule has 0 unspecified atom stereocenters. The van der Waals surface area contributed by atoms with E-state index in [4.69, 9.17) is 0 Å². The maximum atomic E-state index is 13.4. The zero-order chi connectivity index (χ0) is 23.1. The van der Waals surface area contributed by atoms with Crippen LogP contribution in [0.4, 0.5) is 13.2 Å². The van der Waals surface area contributed by atoms with Crippen LogP contribution in [0.3, 0.4) is 0 Å². The van der Waals surface area contributed by atoms with E-state index in [1.807, 2.05) is 0 Å². The molecular formula is C22H26F3N3O3S. The number of aliphatic imine (C=N–C) groups is 1. The first-order valence-electron chi connectivity index (χ1n) is 10.8. The second-order valence-electron chi connectivity index (χ2n) is 8.38. The highest BCUT2D eigenvalue weighted by Gasteiger charge is 2.38. The van der Waals surface area contributed by atoms with Crippen molar-refractivity contribution in [2.75, 3.05) is 38.5 Å². The Hall–Kier alpha value is -2.20. The van der Waals surface area contributed by atoms with Gasteiger partial charge < -0.3 is 4.90 Å². The Labute approximate surface area is 185 Å². The zero-order valence-electron chi connectivity index (χ0n) is 17.9. The van der Waals surface area contributed by atoms with E-state index in [0.717, 1.165) is 17.2 Å². The Morgan fingerprint density at radius 1 is 1.16 bits per heavy atom. The number of nitrogens with zero attached hydrogens (tertiary/aromatic N) is 3. The number of carbonyl (C=O) groups is 1. The minimum Gasteiger partial charge on any atom is -0.337 e. The van der Waals surface area contributed by atoms with Crippen LogP contribution >= 0.6 is 0 Å². The number of amides is 1. The summed E-state index contributed by atoms with van der Waals surface area (Å²) in [6.45, 7) is 3.26. The van der Waals surface area contributed by atoms with Gasteiger partial charge in [0.2, 0.25) is 10.0 Å². The van der Waals surface area contributed by atoms with Crippen LogP contribution in [0.2, 0.25) is 0 Å². The predicted molar refractivity (Wildman–Crippen MR) is 115 cm³/mol. The van der Waals surface area contributed by atoms with Crippen LogP contribution in [-0.2, 0) is 21.0 Å². The third-order valence-electron chi connectivity index (χ3n) is 6.57. The Bertz CT molecular complexity index is 1070. The molecule has 1 aromatic rings. The summed E-state index contributed by atoms with van der Waals surface area (Å²) in [5, 5.41) is 0. The molecule has 1 saturated heterocycles. The second-order valence-corrected chi connectivity index (χ2v) is 10.6. The predicted octanol–water partition coefficient (Wildman–Crippen LogP) is 3.22. The van der Waals surface area contributed by atoms with E-state index in [1.165, 1.54) is 16.4 Å². The molecule has 3 aliphatic heterocycles. The van der Waals surface area contributed by atoms with Crippen molar-refractivity contribution in [3.8, 4) is 0 Å². The van der Waals surface area contributed by atoms with E-state index in [0.29, 0.717) is 56.7 Å². The Balaban J connectivity index is 1.42. The van der Waals surface area contributed by atoms with E-state index in [9.17, 15) is 26.4 Å². The van der Waals surface area contributed by atoms with E-state index < -0.39 is 21.8 Å². The molecule has 3 aliphatic rings. The first kappa shape index (κ1) is 23.0.